The van der Waals surface area contributed by atoms with Crippen molar-refractivity contribution in [1.29, 1.82) is 0 Å². The van der Waals surface area contributed by atoms with E-state index in [0.29, 0.717) is 35.1 Å². The van der Waals surface area contributed by atoms with Gasteiger partial charge < -0.3 is 14.2 Å². The predicted octanol–water partition coefficient (Wildman–Crippen LogP) is 5.96. The smallest absolute Gasteiger partial charge is 0.267 e. The van der Waals surface area contributed by atoms with Crippen LogP contribution in [0, 0.1) is 0 Å². The lowest BCUT2D eigenvalue weighted by Crippen LogP contribution is -2.14. The highest BCUT2D eigenvalue weighted by Crippen LogP contribution is 2.37. The molecule has 6 heteroatoms. The zero-order valence-electron chi connectivity index (χ0n) is 19.2. The first-order chi connectivity index (χ1) is 16.7. The average molecular weight is 453 g/mol. The Labute approximate surface area is 197 Å². The molecule has 0 N–H and O–H groups in total. The van der Waals surface area contributed by atoms with Gasteiger partial charge in [0, 0.05) is 23.3 Å². The maximum atomic E-state index is 14.0. The molecule has 0 aliphatic rings. The highest BCUT2D eigenvalue weighted by molar-refractivity contribution is 6.13. The van der Waals surface area contributed by atoms with Crippen molar-refractivity contribution >= 4 is 27.7 Å². The number of hydrogen-bond acceptors (Lipinski definition) is 5. The van der Waals surface area contributed by atoms with E-state index < -0.39 is 0 Å². The summed E-state index contributed by atoms with van der Waals surface area (Å²) in [4.78, 5) is 18.6. The number of hydrogen-bond donors (Lipinski definition) is 0. The number of carbonyl (C=O) groups is 1. The predicted molar refractivity (Wildman–Crippen MR) is 133 cm³/mol. The van der Waals surface area contributed by atoms with E-state index in [1.54, 1.807) is 25.0 Å². The minimum absolute atomic E-state index is 0.198. The van der Waals surface area contributed by atoms with Crippen LogP contribution in [0.1, 0.15) is 17.3 Å². The Hall–Kier alpha value is -4.32. The molecule has 3 aromatic carbocycles. The minimum atomic E-state index is -0.198. The number of fused-ring (bicyclic) bond motifs is 2. The monoisotopic (exact) mass is 452 g/mol. The van der Waals surface area contributed by atoms with Crippen molar-refractivity contribution in [1.82, 2.24) is 9.55 Å². The van der Waals surface area contributed by atoms with E-state index >= 15 is 0 Å². The summed E-state index contributed by atoms with van der Waals surface area (Å²) in [5.74, 6) is 1.61. The second-order valence-corrected chi connectivity index (χ2v) is 7.76. The summed E-state index contributed by atoms with van der Waals surface area (Å²) >= 11 is 0. The normalized spacial score (nSPS) is 11.0. The molecule has 0 unspecified atom stereocenters. The standard InChI is InChI=1S/C28H24N2O4/c1-4-34-24-14-11-18-8-5-6-9-20(18)26(24)28(31)30-17-22(21-10-7-15-29-27(21)30)19-12-13-23(32-2)25(16-19)33-3/h5-17H,4H2,1-3H3. The third-order valence-electron chi connectivity index (χ3n) is 5.88. The van der Waals surface area contributed by atoms with E-state index in [0.717, 1.165) is 27.3 Å². The lowest BCUT2D eigenvalue weighted by molar-refractivity contribution is 0.0962. The minimum Gasteiger partial charge on any atom is -0.493 e. The number of ether oxygens (including phenoxy) is 3. The fourth-order valence-electron chi connectivity index (χ4n) is 4.32. The van der Waals surface area contributed by atoms with Gasteiger partial charge in [0.15, 0.2) is 11.5 Å². The maximum Gasteiger partial charge on any atom is 0.267 e. The summed E-state index contributed by atoms with van der Waals surface area (Å²) in [6.45, 7) is 2.37. The molecule has 0 bridgehead atoms. The molecule has 5 aromatic rings. The average Bonchev–Trinajstić information content (AvgIpc) is 3.27. The summed E-state index contributed by atoms with van der Waals surface area (Å²) in [7, 11) is 3.21. The fraction of sp³-hybridized carbons (Fsp3) is 0.143. The van der Waals surface area contributed by atoms with Gasteiger partial charge in [0.1, 0.15) is 11.4 Å². The van der Waals surface area contributed by atoms with Crippen LogP contribution >= 0.6 is 0 Å². The van der Waals surface area contributed by atoms with E-state index in [-0.39, 0.29) is 5.91 Å². The summed E-state index contributed by atoms with van der Waals surface area (Å²) < 4.78 is 18.3. The van der Waals surface area contributed by atoms with Gasteiger partial charge >= 0.3 is 0 Å². The molecular formula is C28H24N2O4. The van der Waals surface area contributed by atoms with Gasteiger partial charge in [-0.1, -0.05) is 36.4 Å². The molecule has 0 saturated heterocycles. The van der Waals surface area contributed by atoms with Gasteiger partial charge in [-0.3, -0.25) is 9.36 Å². The zero-order chi connectivity index (χ0) is 23.7. The first-order valence-corrected chi connectivity index (χ1v) is 11.0. The summed E-state index contributed by atoms with van der Waals surface area (Å²) in [5, 5.41) is 2.67. The van der Waals surface area contributed by atoms with Crippen LogP contribution in [0.2, 0.25) is 0 Å². The van der Waals surface area contributed by atoms with E-state index in [2.05, 4.69) is 4.98 Å². The molecule has 5 rings (SSSR count). The number of benzene rings is 3. The molecule has 34 heavy (non-hydrogen) atoms. The van der Waals surface area contributed by atoms with Crippen molar-refractivity contribution in [2.45, 2.75) is 6.92 Å². The number of carbonyl (C=O) groups excluding carboxylic acids is 1. The van der Waals surface area contributed by atoms with Gasteiger partial charge in [0.2, 0.25) is 0 Å². The second kappa shape index (κ2) is 8.90. The molecule has 0 amide bonds. The highest BCUT2D eigenvalue weighted by Gasteiger charge is 2.23. The molecule has 0 spiro atoms. The third-order valence-corrected chi connectivity index (χ3v) is 5.88. The van der Waals surface area contributed by atoms with E-state index in [1.807, 2.05) is 79.9 Å². The van der Waals surface area contributed by atoms with E-state index in [1.165, 1.54) is 0 Å². The lowest BCUT2D eigenvalue weighted by atomic mass is 10.0. The Kier molecular flexibility index (Phi) is 5.64. The molecule has 0 saturated carbocycles. The van der Waals surface area contributed by atoms with Gasteiger partial charge in [0.05, 0.1) is 26.4 Å². The SMILES string of the molecule is CCOc1ccc2ccccc2c1C(=O)n1cc(-c2ccc(OC)c(OC)c2)c2cccnc21. The van der Waals surface area contributed by atoms with Gasteiger partial charge in [-0.25, -0.2) is 4.98 Å². The molecule has 2 aromatic heterocycles. The van der Waals surface area contributed by atoms with Gasteiger partial charge in [-0.15, -0.1) is 0 Å². The molecule has 0 atom stereocenters. The fourth-order valence-corrected chi connectivity index (χ4v) is 4.32. The Morgan fingerprint density at radius 3 is 2.44 bits per heavy atom. The number of aromatic nitrogens is 2. The number of nitrogens with zero attached hydrogens (tertiary/aromatic N) is 2. The number of pyridine rings is 1. The van der Waals surface area contributed by atoms with Crippen LogP contribution in [0.5, 0.6) is 17.2 Å². The van der Waals surface area contributed by atoms with Gasteiger partial charge in [-0.2, -0.15) is 0 Å². The van der Waals surface area contributed by atoms with Crippen LogP contribution in [0.25, 0.3) is 32.9 Å². The van der Waals surface area contributed by atoms with Gasteiger partial charge in [0.25, 0.3) is 5.91 Å². The van der Waals surface area contributed by atoms with Crippen LogP contribution in [0.4, 0.5) is 0 Å². The zero-order valence-corrected chi connectivity index (χ0v) is 19.2. The van der Waals surface area contributed by atoms with Crippen molar-refractivity contribution in [2.75, 3.05) is 20.8 Å². The van der Waals surface area contributed by atoms with Crippen molar-refractivity contribution in [3.8, 4) is 28.4 Å². The maximum absolute atomic E-state index is 14.0. The molecule has 170 valence electrons. The van der Waals surface area contributed by atoms with E-state index in [4.69, 9.17) is 14.2 Å². The summed E-state index contributed by atoms with van der Waals surface area (Å²) in [5.41, 5.74) is 2.86. The second-order valence-electron chi connectivity index (χ2n) is 7.76. The molecule has 6 nitrogen and oxygen atoms in total. The molecular weight excluding hydrogens is 428 g/mol. The Morgan fingerprint density at radius 2 is 1.65 bits per heavy atom. The van der Waals surface area contributed by atoms with Crippen LogP contribution in [0.15, 0.2) is 79.1 Å². The quantitative estimate of drug-likeness (QED) is 0.318. The van der Waals surface area contributed by atoms with Crippen molar-refractivity contribution in [3.05, 3.63) is 84.7 Å². The highest BCUT2D eigenvalue weighted by atomic mass is 16.5. The summed E-state index contributed by atoms with van der Waals surface area (Å²) in [6, 6.07) is 21.2. The molecule has 0 fully saturated rings. The number of methoxy groups -OCH3 is 2. The molecule has 0 aliphatic carbocycles. The Morgan fingerprint density at radius 1 is 0.882 bits per heavy atom. The largest absolute Gasteiger partial charge is 0.493 e. The molecule has 0 aliphatic heterocycles. The first kappa shape index (κ1) is 21.5. The molecule has 2 heterocycles. The lowest BCUT2D eigenvalue weighted by Gasteiger charge is -2.13. The molecule has 0 radical (unpaired) electrons. The van der Waals surface area contributed by atoms with Crippen LogP contribution < -0.4 is 14.2 Å². The third kappa shape index (κ3) is 3.53. The Bertz CT molecular complexity index is 1520. The van der Waals surface area contributed by atoms with Crippen molar-refractivity contribution in [2.24, 2.45) is 0 Å². The van der Waals surface area contributed by atoms with Crippen molar-refractivity contribution in [3.63, 3.8) is 0 Å². The van der Waals surface area contributed by atoms with E-state index in [9.17, 15) is 4.79 Å². The van der Waals surface area contributed by atoms with Crippen molar-refractivity contribution < 1.29 is 19.0 Å². The summed E-state index contributed by atoms with van der Waals surface area (Å²) in [6.07, 6.45) is 3.52. The van der Waals surface area contributed by atoms with Crippen LogP contribution in [-0.4, -0.2) is 36.3 Å². The first-order valence-electron chi connectivity index (χ1n) is 11.0. The van der Waals surface area contributed by atoms with Crippen LogP contribution in [0.3, 0.4) is 0 Å². The topological polar surface area (TPSA) is 62.6 Å². The number of rotatable bonds is 6. The van der Waals surface area contributed by atoms with Gasteiger partial charge in [-0.05, 0) is 53.6 Å². The van der Waals surface area contributed by atoms with Crippen LogP contribution in [-0.2, 0) is 0 Å². The Balaban J connectivity index is 1.73.